The topological polar surface area (TPSA) is 117 Å². The minimum Gasteiger partial charge on any atom is -0.493 e. The van der Waals surface area contributed by atoms with Crippen LogP contribution in [0.25, 0.3) is 5.69 Å². The average Bonchev–Trinajstić information content (AvgIpc) is 3.21. The van der Waals surface area contributed by atoms with E-state index in [1.54, 1.807) is 29.6 Å². The normalized spacial score (nSPS) is 10.3. The van der Waals surface area contributed by atoms with Gasteiger partial charge >= 0.3 is 0 Å². The minimum absolute atomic E-state index is 0. The molecule has 0 spiro atoms. The lowest BCUT2D eigenvalue weighted by molar-refractivity contribution is -0.119. The van der Waals surface area contributed by atoms with Gasteiger partial charge in [0.05, 0.1) is 12.8 Å². The molecule has 3 N–H and O–H groups in total. The minimum atomic E-state index is -0.534. The van der Waals surface area contributed by atoms with E-state index in [0.29, 0.717) is 18.0 Å². The third-order valence-corrected chi connectivity index (χ3v) is 4.80. The van der Waals surface area contributed by atoms with Crippen LogP contribution >= 0.6 is 24.2 Å². The number of carbonyl (C=O) groups excluding carboxylic acids is 1. The van der Waals surface area contributed by atoms with Gasteiger partial charge < -0.3 is 20.5 Å². The summed E-state index contributed by atoms with van der Waals surface area (Å²) in [5.41, 5.74) is 7.07. The van der Waals surface area contributed by atoms with Crippen molar-refractivity contribution < 1.29 is 14.3 Å². The zero-order valence-electron chi connectivity index (χ0n) is 16.4. The second-order valence-electron chi connectivity index (χ2n) is 5.97. The van der Waals surface area contributed by atoms with Gasteiger partial charge in [0.25, 0.3) is 5.91 Å². The molecule has 0 aliphatic heterocycles. The first kappa shape index (κ1) is 23.5. The monoisotopic (exact) mass is 450 g/mol. The highest BCUT2D eigenvalue weighted by molar-refractivity contribution is 7.99. The predicted octanol–water partition coefficient (Wildman–Crippen LogP) is 1.84. The largest absolute Gasteiger partial charge is 0.493 e. The number of thioether (sulfide) groups is 1. The third-order valence-electron chi connectivity index (χ3n) is 3.88. The van der Waals surface area contributed by atoms with E-state index < -0.39 is 5.91 Å². The Morgan fingerprint density at radius 3 is 2.73 bits per heavy atom. The van der Waals surface area contributed by atoms with Gasteiger partial charge in [-0.3, -0.25) is 4.79 Å². The number of halogens is 1. The van der Waals surface area contributed by atoms with Crippen LogP contribution in [-0.2, 0) is 11.3 Å². The summed E-state index contributed by atoms with van der Waals surface area (Å²) in [5, 5.41) is 16.0. The number of hydrogen-bond acceptors (Lipinski definition) is 8. The SMILES string of the molecule is COc1cc(CNCCSc2nnnn2-c2ccccc2)ccc1OCC(N)=O.Cl. The number of amides is 1. The molecule has 0 unspecified atom stereocenters. The molecule has 0 bridgehead atoms. The molecule has 0 saturated heterocycles. The summed E-state index contributed by atoms with van der Waals surface area (Å²) in [6.45, 7) is 1.25. The molecule has 0 atom stereocenters. The standard InChI is InChI=1S/C19H22N6O3S.ClH/c1-27-17-11-14(7-8-16(17)28-13-18(20)26)12-21-9-10-29-19-22-23-24-25(19)15-5-3-2-4-6-15;/h2-8,11,21H,9-10,12-13H2,1H3,(H2,20,26);1H. The summed E-state index contributed by atoms with van der Waals surface area (Å²) in [4.78, 5) is 10.9. The number of ether oxygens (including phenoxy) is 2. The van der Waals surface area contributed by atoms with E-state index in [0.717, 1.165) is 28.7 Å². The van der Waals surface area contributed by atoms with Crippen molar-refractivity contribution in [3.05, 3.63) is 54.1 Å². The highest BCUT2D eigenvalue weighted by atomic mass is 35.5. The van der Waals surface area contributed by atoms with Crippen LogP contribution in [0.1, 0.15) is 5.56 Å². The van der Waals surface area contributed by atoms with Crippen molar-refractivity contribution in [3.8, 4) is 17.2 Å². The number of tetrazole rings is 1. The number of hydrogen-bond donors (Lipinski definition) is 2. The average molecular weight is 451 g/mol. The zero-order chi connectivity index (χ0) is 20.5. The lowest BCUT2D eigenvalue weighted by Crippen LogP contribution is -2.20. The summed E-state index contributed by atoms with van der Waals surface area (Å²) in [6.07, 6.45) is 0. The molecule has 1 amide bonds. The Morgan fingerprint density at radius 2 is 2.00 bits per heavy atom. The molecule has 11 heteroatoms. The number of nitrogens with one attached hydrogen (secondary N) is 1. The molecule has 3 rings (SSSR count). The van der Waals surface area contributed by atoms with Gasteiger partial charge in [-0.2, -0.15) is 4.68 Å². The van der Waals surface area contributed by atoms with E-state index in [9.17, 15) is 4.79 Å². The van der Waals surface area contributed by atoms with Crippen LogP contribution in [0.4, 0.5) is 0 Å². The molecular weight excluding hydrogens is 428 g/mol. The predicted molar refractivity (Wildman–Crippen MR) is 117 cm³/mol. The molecule has 0 fully saturated rings. The van der Waals surface area contributed by atoms with E-state index in [1.165, 1.54) is 0 Å². The molecule has 0 aliphatic rings. The number of para-hydroxylation sites is 1. The van der Waals surface area contributed by atoms with E-state index in [2.05, 4.69) is 20.8 Å². The molecule has 2 aromatic carbocycles. The van der Waals surface area contributed by atoms with Gasteiger partial charge in [0, 0.05) is 18.8 Å². The summed E-state index contributed by atoms with van der Waals surface area (Å²) in [5.74, 6) is 1.32. The summed E-state index contributed by atoms with van der Waals surface area (Å²) >= 11 is 1.58. The van der Waals surface area contributed by atoms with Crippen molar-refractivity contribution in [2.75, 3.05) is 26.0 Å². The number of methoxy groups -OCH3 is 1. The van der Waals surface area contributed by atoms with Crippen molar-refractivity contribution in [2.24, 2.45) is 5.73 Å². The van der Waals surface area contributed by atoms with Gasteiger partial charge in [-0.1, -0.05) is 36.0 Å². The van der Waals surface area contributed by atoms with E-state index in [-0.39, 0.29) is 19.0 Å². The van der Waals surface area contributed by atoms with Crippen molar-refractivity contribution in [3.63, 3.8) is 0 Å². The quantitative estimate of drug-likeness (QED) is 0.335. The highest BCUT2D eigenvalue weighted by Crippen LogP contribution is 2.28. The van der Waals surface area contributed by atoms with Crippen LogP contribution in [0.15, 0.2) is 53.7 Å². The molecule has 9 nitrogen and oxygen atoms in total. The molecule has 160 valence electrons. The number of carbonyl (C=O) groups is 1. The van der Waals surface area contributed by atoms with Crippen LogP contribution in [0.3, 0.4) is 0 Å². The van der Waals surface area contributed by atoms with E-state index >= 15 is 0 Å². The maximum atomic E-state index is 10.9. The first-order valence-electron chi connectivity index (χ1n) is 8.92. The molecule has 0 radical (unpaired) electrons. The molecule has 30 heavy (non-hydrogen) atoms. The Bertz CT molecular complexity index is 941. The second kappa shape index (κ2) is 12.0. The molecule has 1 aromatic heterocycles. The first-order chi connectivity index (χ1) is 14.2. The number of nitrogens with two attached hydrogens (primary N) is 1. The fraction of sp³-hybridized carbons (Fsp3) is 0.263. The van der Waals surface area contributed by atoms with Crippen LogP contribution in [-0.4, -0.2) is 52.1 Å². The smallest absolute Gasteiger partial charge is 0.255 e. The number of benzene rings is 2. The Kier molecular flexibility index (Phi) is 9.39. The summed E-state index contributed by atoms with van der Waals surface area (Å²) in [6, 6.07) is 15.3. The fourth-order valence-corrected chi connectivity index (χ4v) is 3.32. The number of aromatic nitrogens is 4. The molecule has 0 saturated carbocycles. The van der Waals surface area contributed by atoms with Crippen LogP contribution in [0.2, 0.25) is 0 Å². The summed E-state index contributed by atoms with van der Waals surface area (Å²) < 4.78 is 12.4. The van der Waals surface area contributed by atoms with Crippen LogP contribution < -0.4 is 20.5 Å². The van der Waals surface area contributed by atoms with Crippen molar-refractivity contribution in [2.45, 2.75) is 11.7 Å². The Balaban J connectivity index is 0.00000320. The second-order valence-corrected chi connectivity index (χ2v) is 7.04. The van der Waals surface area contributed by atoms with Crippen molar-refractivity contribution in [1.82, 2.24) is 25.5 Å². The zero-order valence-corrected chi connectivity index (χ0v) is 18.0. The Morgan fingerprint density at radius 1 is 1.20 bits per heavy atom. The van der Waals surface area contributed by atoms with Gasteiger partial charge in [-0.25, -0.2) is 0 Å². The Labute approximate surface area is 184 Å². The number of primary amides is 1. The van der Waals surface area contributed by atoms with E-state index in [4.69, 9.17) is 15.2 Å². The van der Waals surface area contributed by atoms with Crippen LogP contribution in [0.5, 0.6) is 11.5 Å². The maximum absolute atomic E-state index is 10.9. The number of nitrogens with zero attached hydrogens (tertiary/aromatic N) is 4. The van der Waals surface area contributed by atoms with Crippen molar-refractivity contribution in [1.29, 1.82) is 0 Å². The maximum Gasteiger partial charge on any atom is 0.255 e. The molecule has 1 heterocycles. The number of rotatable bonds is 11. The first-order valence-corrected chi connectivity index (χ1v) is 9.91. The van der Waals surface area contributed by atoms with Crippen molar-refractivity contribution >= 4 is 30.1 Å². The van der Waals surface area contributed by atoms with Gasteiger partial charge in [0.1, 0.15) is 0 Å². The highest BCUT2D eigenvalue weighted by Gasteiger charge is 2.09. The lowest BCUT2D eigenvalue weighted by atomic mass is 10.2. The summed E-state index contributed by atoms with van der Waals surface area (Å²) in [7, 11) is 1.55. The Hall–Kier alpha value is -2.82. The van der Waals surface area contributed by atoms with Crippen LogP contribution in [0, 0.1) is 0 Å². The fourth-order valence-electron chi connectivity index (χ4n) is 2.54. The molecule has 3 aromatic rings. The van der Waals surface area contributed by atoms with Gasteiger partial charge in [-0.15, -0.1) is 17.5 Å². The van der Waals surface area contributed by atoms with Gasteiger partial charge in [0.2, 0.25) is 5.16 Å². The molecule has 0 aliphatic carbocycles. The third kappa shape index (κ3) is 6.61. The van der Waals surface area contributed by atoms with Gasteiger partial charge in [0.15, 0.2) is 18.1 Å². The van der Waals surface area contributed by atoms with E-state index in [1.807, 2.05) is 42.5 Å². The molecular formula is C19H23ClN6O3S. The van der Waals surface area contributed by atoms with Gasteiger partial charge in [-0.05, 0) is 40.3 Å². The lowest BCUT2D eigenvalue weighted by Gasteiger charge is -2.11.